The molecular weight excluding hydrogens is 356 g/mol. The Balaban J connectivity index is 1.40. The van der Waals surface area contributed by atoms with Gasteiger partial charge in [0.15, 0.2) is 5.82 Å². The van der Waals surface area contributed by atoms with E-state index in [0.717, 1.165) is 31.3 Å². The van der Waals surface area contributed by atoms with Crippen molar-refractivity contribution in [3.8, 4) is 0 Å². The van der Waals surface area contributed by atoms with E-state index in [1.165, 1.54) is 36.1 Å². The third kappa shape index (κ3) is 3.56. The van der Waals surface area contributed by atoms with Gasteiger partial charge in [-0.25, -0.2) is 0 Å². The van der Waals surface area contributed by atoms with E-state index >= 15 is 0 Å². The van der Waals surface area contributed by atoms with Crippen molar-refractivity contribution in [3.63, 3.8) is 0 Å². The average Bonchev–Trinajstić information content (AvgIpc) is 3.48. The van der Waals surface area contributed by atoms with Crippen LogP contribution in [0, 0.1) is 0 Å². The van der Waals surface area contributed by atoms with Crippen LogP contribution < -0.4 is 0 Å². The van der Waals surface area contributed by atoms with Crippen LogP contribution in [-0.4, -0.2) is 33.1 Å². The van der Waals surface area contributed by atoms with Gasteiger partial charge in [-0.2, -0.15) is 4.98 Å². The summed E-state index contributed by atoms with van der Waals surface area (Å²) in [6.07, 6.45) is 8.78. The Kier molecular flexibility index (Phi) is 4.76. The van der Waals surface area contributed by atoms with Crippen LogP contribution in [0.25, 0.3) is 0 Å². The quantitative estimate of drug-likeness (QED) is 0.649. The minimum Gasteiger partial charge on any atom is -0.339 e. The second-order valence-electron chi connectivity index (χ2n) is 7.74. The maximum Gasteiger partial charge on any atom is 0.231 e. The Bertz CT molecular complexity index is 857. The van der Waals surface area contributed by atoms with Crippen molar-refractivity contribution < 1.29 is 4.52 Å². The molecule has 3 aromatic rings. The molecule has 2 fully saturated rings. The van der Waals surface area contributed by atoms with Gasteiger partial charge in [-0.1, -0.05) is 30.1 Å². The molecule has 5 rings (SSSR count). The van der Waals surface area contributed by atoms with Crippen LogP contribution >= 0.6 is 11.3 Å². The Morgan fingerprint density at radius 1 is 1.11 bits per heavy atom. The molecular formula is C21H24N4OS. The summed E-state index contributed by atoms with van der Waals surface area (Å²) in [5, 5.41) is 6.50. The number of aromatic nitrogens is 3. The number of thiophene rings is 1. The molecule has 6 heteroatoms. The summed E-state index contributed by atoms with van der Waals surface area (Å²) >= 11 is 1.82. The molecule has 27 heavy (non-hydrogen) atoms. The first-order valence-corrected chi connectivity index (χ1v) is 10.7. The lowest BCUT2D eigenvalue weighted by Crippen LogP contribution is -2.19. The third-order valence-corrected chi connectivity index (χ3v) is 6.82. The molecule has 0 amide bonds. The van der Waals surface area contributed by atoms with Crippen molar-refractivity contribution in [3.05, 3.63) is 64.2 Å². The Morgan fingerprint density at radius 2 is 2.00 bits per heavy atom. The highest BCUT2D eigenvalue weighted by Crippen LogP contribution is 2.40. The van der Waals surface area contributed by atoms with Crippen molar-refractivity contribution in [1.29, 1.82) is 0 Å². The van der Waals surface area contributed by atoms with Crippen molar-refractivity contribution in [1.82, 2.24) is 20.0 Å². The molecule has 1 aliphatic heterocycles. The Hall–Kier alpha value is -2.05. The third-order valence-electron chi connectivity index (χ3n) is 5.96. The number of rotatable bonds is 5. The van der Waals surface area contributed by atoms with E-state index in [0.29, 0.717) is 11.8 Å². The van der Waals surface area contributed by atoms with Gasteiger partial charge < -0.3 is 4.52 Å². The normalized spacial score (nSPS) is 24.0. The van der Waals surface area contributed by atoms with Crippen molar-refractivity contribution in [2.24, 2.45) is 0 Å². The van der Waals surface area contributed by atoms with Crippen LogP contribution in [0.2, 0.25) is 0 Å². The van der Waals surface area contributed by atoms with E-state index in [-0.39, 0.29) is 5.92 Å². The van der Waals surface area contributed by atoms with Gasteiger partial charge >= 0.3 is 0 Å². The van der Waals surface area contributed by atoms with Crippen molar-refractivity contribution >= 4 is 11.3 Å². The van der Waals surface area contributed by atoms with Gasteiger partial charge in [0.2, 0.25) is 5.89 Å². The summed E-state index contributed by atoms with van der Waals surface area (Å²) in [5.41, 5.74) is 1.26. The van der Waals surface area contributed by atoms with Gasteiger partial charge in [-0.15, -0.1) is 11.3 Å². The van der Waals surface area contributed by atoms with Gasteiger partial charge in [0.1, 0.15) is 0 Å². The molecule has 0 spiro atoms. The van der Waals surface area contributed by atoms with Crippen molar-refractivity contribution in [2.75, 3.05) is 13.1 Å². The second-order valence-corrected chi connectivity index (χ2v) is 8.78. The molecule has 0 aromatic carbocycles. The molecule has 1 saturated heterocycles. The standard InChI is InChI=1S/C21H24N4OS/c1-2-6-15(5-1)20-23-21(26-24-20)19-14-25(12-17-8-4-10-27-17)13-18(19)16-7-3-9-22-11-16/h3-4,7-11,15,18-19H,1-2,5-6,12-14H2/t18-,19+/m0/s1. The number of nitrogens with zero attached hydrogens (tertiary/aromatic N) is 4. The van der Waals surface area contributed by atoms with E-state index in [4.69, 9.17) is 9.51 Å². The highest BCUT2D eigenvalue weighted by atomic mass is 32.1. The molecule has 1 saturated carbocycles. The monoisotopic (exact) mass is 380 g/mol. The van der Waals surface area contributed by atoms with E-state index in [1.54, 1.807) is 0 Å². The van der Waals surface area contributed by atoms with Gasteiger partial charge in [-0.3, -0.25) is 9.88 Å². The van der Waals surface area contributed by atoms with E-state index in [1.807, 2.05) is 29.8 Å². The van der Waals surface area contributed by atoms with Crippen LogP contribution in [0.15, 0.2) is 46.6 Å². The summed E-state index contributed by atoms with van der Waals surface area (Å²) in [7, 11) is 0. The first-order valence-electron chi connectivity index (χ1n) is 9.85. The first-order chi connectivity index (χ1) is 13.4. The molecule has 2 atom stereocenters. The molecule has 4 heterocycles. The number of hydrogen-bond donors (Lipinski definition) is 0. The zero-order valence-electron chi connectivity index (χ0n) is 15.3. The average molecular weight is 381 g/mol. The fourth-order valence-corrected chi connectivity index (χ4v) is 5.31. The number of pyridine rings is 1. The van der Waals surface area contributed by atoms with Crippen LogP contribution in [0.1, 0.15) is 65.6 Å². The predicted molar refractivity (Wildman–Crippen MR) is 105 cm³/mol. The van der Waals surface area contributed by atoms with Gasteiger partial charge in [0, 0.05) is 48.7 Å². The summed E-state index contributed by atoms with van der Waals surface area (Å²) < 4.78 is 5.79. The summed E-state index contributed by atoms with van der Waals surface area (Å²) in [6.45, 7) is 2.92. The van der Waals surface area contributed by atoms with Crippen LogP contribution in [-0.2, 0) is 6.54 Å². The first kappa shape index (κ1) is 17.1. The van der Waals surface area contributed by atoms with Crippen LogP contribution in [0.3, 0.4) is 0 Å². The maximum atomic E-state index is 5.79. The Labute approximate surface area is 163 Å². The summed E-state index contributed by atoms with van der Waals surface area (Å²) in [4.78, 5) is 13.1. The van der Waals surface area contributed by atoms with Crippen molar-refractivity contribution in [2.45, 2.75) is 50.0 Å². The minimum atomic E-state index is 0.233. The van der Waals surface area contributed by atoms with E-state index in [2.05, 4.69) is 38.6 Å². The number of likely N-dealkylation sites (tertiary alicyclic amines) is 1. The molecule has 140 valence electrons. The molecule has 0 radical (unpaired) electrons. The van der Waals surface area contributed by atoms with Crippen LogP contribution in [0.5, 0.6) is 0 Å². The SMILES string of the molecule is c1cncc([C@@H]2CN(Cc3cccs3)C[C@H]2c2nc(C3CCCC3)no2)c1. The molecule has 2 aliphatic rings. The molecule has 3 aromatic heterocycles. The molecule has 0 unspecified atom stereocenters. The lowest BCUT2D eigenvalue weighted by atomic mass is 9.90. The highest BCUT2D eigenvalue weighted by Gasteiger charge is 2.39. The second kappa shape index (κ2) is 7.52. The minimum absolute atomic E-state index is 0.233. The van der Waals surface area contributed by atoms with E-state index in [9.17, 15) is 0 Å². The summed E-state index contributed by atoms with van der Waals surface area (Å²) in [6, 6.07) is 8.53. The predicted octanol–water partition coefficient (Wildman–Crippen LogP) is 4.57. The van der Waals surface area contributed by atoms with Gasteiger partial charge in [0.05, 0.1) is 5.92 Å². The van der Waals surface area contributed by atoms with Gasteiger partial charge in [0.25, 0.3) is 0 Å². The lowest BCUT2D eigenvalue weighted by molar-refractivity contribution is 0.310. The van der Waals surface area contributed by atoms with Crippen LogP contribution in [0.4, 0.5) is 0 Å². The summed E-state index contributed by atoms with van der Waals surface area (Å²) in [5.74, 6) is 2.79. The fraction of sp³-hybridized carbons (Fsp3) is 0.476. The Morgan fingerprint density at radius 3 is 2.78 bits per heavy atom. The number of hydrogen-bond acceptors (Lipinski definition) is 6. The highest BCUT2D eigenvalue weighted by molar-refractivity contribution is 7.09. The van der Waals surface area contributed by atoms with Gasteiger partial charge in [-0.05, 0) is 35.9 Å². The molecule has 5 nitrogen and oxygen atoms in total. The molecule has 0 N–H and O–H groups in total. The zero-order chi connectivity index (χ0) is 18.1. The van der Waals surface area contributed by atoms with E-state index < -0.39 is 0 Å². The smallest absolute Gasteiger partial charge is 0.231 e. The zero-order valence-corrected chi connectivity index (χ0v) is 16.1. The topological polar surface area (TPSA) is 55.1 Å². The lowest BCUT2D eigenvalue weighted by Gasteiger charge is -2.15. The maximum absolute atomic E-state index is 5.79. The molecule has 1 aliphatic carbocycles. The largest absolute Gasteiger partial charge is 0.339 e. The molecule has 0 bridgehead atoms. The fourth-order valence-electron chi connectivity index (χ4n) is 4.57.